The van der Waals surface area contributed by atoms with Gasteiger partial charge in [0.25, 0.3) is 11.8 Å². The highest BCUT2D eigenvalue weighted by atomic mass is 35.5. The molecule has 4 rings (SSSR count). The normalized spacial score (nSPS) is 12.5. The van der Waals surface area contributed by atoms with E-state index in [4.69, 9.17) is 21.3 Å². The van der Waals surface area contributed by atoms with E-state index >= 15 is 0 Å². The molecular weight excluding hydrogens is 528 g/mol. The topological polar surface area (TPSA) is 93.5 Å². The molecule has 8 nitrogen and oxygen atoms in total. The molecule has 0 radical (unpaired) electrons. The van der Waals surface area contributed by atoms with Crippen molar-refractivity contribution >= 4 is 40.9 Å². The van der Waals surface area contributed by atoms with Gasteiger partial charge in [-0.15, -0.1) is 0 Å². The Kier molecular flexibility index (Phi) is 9.98. The molecule has 0 fully saturated rings. The van der Waals surface area contributed by atoms with Crippen molar-refractivity contribution in [1.82, 2.24) is 9.55 Å². The number of hydrogen-bond acceptors (Lipinski definition) is 5. The van der Waals surface area contributed by atoms with Crippen molar-refractivity contribution in [2.45, 2.75) is 78.9 Å². The summed E-state index contributed by atoms with van der Waals surface area (Å²) in [5.41, 5.74) is 2.94. The van der Waals surface area contributed by atoms with Crippen LogP contribution in [0.3, 0.4) is 0 Å². The van der Waals surface area contributed by atoms with Crippen LogP contribution in [0, 0.1) is 6.92 Å². The van der Waals surface area contributed by atoms with E-state index in [0.717, 1.165) is 43.5 Å². The summed E-state index contributed by atoms with van der Waals surface area (Å²) in [6.07, 6.45) is 5.29. The van der Waals surface area contributed by atoms with E-state index in [2.05, 4.69) is 12.2 Å². The minimum atomic E-state index is -0.355. The number of rotatable bonds is 11. The van der Waals surface area contributed by atoms with E-state index in [1.165, 1.54) is 0 Å². The van der Waals surface area contributed by atoms with Crippen LogP contribution in [0.25, 0.3) is 0 Å². The smallest absolute Gasteiger partial charge is 0.306 e. The van der Waals surface area contributed by atoms with Gasteiger partial charge in [0.1, 0.15) is 12.4 Å². The molecule has 212 valence electrons. The standard InChI is InChI=1S/C31H37ClN4O4/c1-4-6-17-36(31(39)22-13-10-15-24(32)19-22)29-28(35-18-8-7-16-25(35)33-29)30(38)34-27-21(3)12-9-14-23(27)20-40-26(37)11-5-2/h9-10,12-15,19H,4-8,11,16-18,20H2,1-3H3,(H,34,38). The summed E-state index contributed by atoms with van der Waals surface area (Å²) < 4.78 is 7.39. The number of hydrogen-bond donors (Lipinski definition) is 1. The van der Waals surface area contributed by atoms with Crippen LogP contribution >= 0.6 is 11.6 Å². The average molecular weight is 565 g/mol. The van der Waals surface area contributed by atoms with Gasteiger partial charge in [0.2, 0.25) is 0 Å². The van der Waals surface area contributed by atoms with Gasteiger partial charge in [-0.25, -0.2) is 4.98 Å². The number of fused-ring (bicyclic) bond motifs is 1. The fourth-order valence-corrected chi connectivity index (χ4v) is 5.10. The van der Waals surface area contributed by atoms with Crippen LogP contribution in [0.2, 0.25) is 5.02 Å². The fourth-order valence-electron chi connectivity index (χ4n) is 4.91. The zero-order chi connectivity index (χ0) is 28.6. The SMILES string of the molecule is CCCCN(C(=O)c1cccc(Cl)c1)c1nc2n(c1C(=O)Nc1c(C)cccc1COC(=O)CCC)CCCC2. The van der Waals surface area contributed by atoms with Crippen molar-refractivity contribution in [1.29, 1.82) is 0 Å². The summed E-state index contributed by atoms with van der Waals surface area (Å²) in [5, 5.41) is 3.54. The number of amides is 2. The first kappa shape index (κ1) is 29.3. The molecular formula is C31H37ClN4O4. The number of imidazole rings is 1. The Morgan fingerprint density at radius 1 is 1.10 bits per heavy atom. The zero-order valence-corrected chi connectivity index (χ0v) is 24.2. The van der Waals surface area contributed by atoms with Crippen LogP contribution in [-0.4, -0.2) is 33.9 Å². The Balaban J connectivity index is 1.73. The van der Waals surface area contributed by atoms with Crippen molar-refractivity contribution in [3.8, 4) is 0 Å². The molecule has 0 saturated heterocycles. The van der Waals surface area contributed by atoms with Crippen molar-refractivity contribution < 1.29 is 19.1 Å². The van der Waals surface area contributed by atoms with E-state index in [9.17, 15) is 14.4 Å². The number of aryl methyl sites for hydroxylation is 2. The highest BCUT2D eigenvalue weighted by Crippen LogP contribution is 2.30. The third-order valence-corrected chi connectivity index (χ3v) is 7.26. The minimum Gasteiger partial charge on any atom is -0.461 e. The van der Waals surface area contributed by atoms with Crippen LogP contribution in [0.1, 0.15) is 90.2 Å². The maximum Gasteiger partial charge on any atom is 0.306 e. The number of aromatic nitrogens is 2. The first-order chi connectivity index (χ1) is 19.3. The second-order valence-electron chi connectivity index (χ2n) is 10.1. The van der Waals surface area contributed by atoms with Gasteiger partial charge in [0.15, 0.2) is 11.5 Å². The molecule has 0 unspecified atom stereocenters. The summed E-state index contributed by atoms with van der Waals surface area (Å²) in [4.78, 5) is 46.4. The van der Waals surface area contributed by atoms with Crippen molar-refractivity contribution in [3.05, 3.63) is 75.7 Å². The number of anilines is 2. The van der Waals surface area contributed by atoms with Crippen molar-refractivity contribution in [3.63, 3.8) is 0 Å². The molecule has 1 N–H and O–H groups in total. The van der Waals surface area contributed by atoms with E-state index in [1.54, 1.807) is 29.2 Å². The van der Waals surface area contributed by atoms with Crippen molar-refractivity contribution in [2.75, 3.05) is 16.8 Å². The molecule has 2 heterocycles. The number of carbonyl (C=O) groups is 3. The van der Waals surface area contributed by atoms with Gasteiger partial charge < -0.3 is 14.6 Å². The highest BCUT2D eigenvalue weighted by molar-refractivity contribution is 6.31. The summed E-state index contributed by atoms with van der Waals surface area (Å²) >= 11 is 6.20. The Labute approximate surface area is 240 Å². The van der Waals surface area contributed by atoms with Gasteiger partial charge in [-0.05, 0) is 56.4 Å². The molecule has 0 atom stereocenters. The molecule has 0 saturated carbocycles. The van der Waals surface area contributed by atoms with E-state index < -0.39 is 0 Å². The van der Waals surface area contributed by atoms with E-state index in [1.807, 2.05) is 36.6 Å². The number of halogens is 1. The lowest BCUT2D eigenvalue weighted by Gasteiger charge is -2.23. The highest BCUT2D eigenvalue weighted by Gasteiger charge is 2.31. The third-order valence-electron chi connectivity index (χ3n) is 7.02. The number of ether oxygens (including phenoxy) is 1. The fraction of sp³-hybridized carbons (Fsp3) is 0.419. The number of para-hydroxylation sites is 1. The summed E-state index contributed by atoms with van der Waals surface area (Å²) in [7, 11) is 0. The van der Waals surface area contributed by atoms with Gasteiger partial charge in [0, 0.05) is 42.1 Å². The lowest BCUT2D eigenvalue weighted by molar-refractivity contribution is -0.144. The molecule has 3 aromatic rings. The Morgan fingerprint density at radius 3 is 2.65 bits per heavy atom. The quantitative estimate of drug-likeness (QED) is 0.261. The van der Waals surface area contributed by atoms with Crippen LogP contribution in [-0.2, 0) is 29.1 Å². The predicted octanol–water partition coefficient (Wildman–Crippen LogP) is 6.72. The average Bonchev–Trinajstić information content (AvgIpc) is 3.33. The molecule has 1 aliphatic rings. The third kappa shape index (κ3) is 6.73. The summed E-state index contributed by atoms with van der Waals surface area (Å²) in [6.45, 7) is 7.00. The zero-order valence-electron chi connectivity index (χ0n) is 23.5. The Bertz CT molecular complexity index is 1380. The summed E-state index contributed by atoms with van der Waals surface area (Å²) in [5.74, 6) is 0.272. The van der Waals surface area contributed by atoms with Gasteiger partial charge in [-0.2, -0.15) is 0 Å². The molecule has 0 aliphatic carbocycles. The van der Waals surface area contributed by atoms with Gasteiger partial charge in [0.05, 0.1) is 5.69 Å². The summed E-state index contributed by atoms with van der Waals surface area (Å²) in [6, 6.07) is 12.4. The largest absolute Gasteiger partial charge is 0.461 e. The van der Waals surface area contributed by atoms with Crippen molar-refractivity contribution in [2.24, 2.45) is 0 Å². The van der Waals surface area contributed by atoms with Gasteiger partial charge in [-0.1, -0.05) is 56.1 Å². The number of nitrogens with one attached hydrogen (secondary N) is 1. The molecule has 2 aromatic carbocycles. The Hall–Kier alpha value is -3.65. The molecule has 0 bridgehead atoms. The van der Waals surface area contributed by atoms with E-state index in [0.29, 0.717) is 59.3 Å². The van der Waals surface area contributed by atoms with Crippen LogP contribution in [0.15, 0.2) is 42.5 Å². The maximum absolute atomic E-state index is 14.1. The minimum absolute atomic E-state index is 0.0589. The lowest BCUT2D eigenvalue weighted by Crippen LogP contribution is -2.34. The lowest BCUT2D eigenvalue weighted by atomic mass is 10.1. The van der Waals surface area contributed by atoms with Gasteiger partial charge in [-0.3, -0.25) is 19.3 Å². The van der Waals surface area contributed by atoms with Crippen LogP contribution < -0.4 is 10.2 Å². The molecule has 0 spiro atoms. The molecule has 2 amide bonds. The second kappa shape index (κ2) is 13.6. The molecule has 40 heavy (non-hydrogen) atoms. The molecule has 9 heteroatoms. The first-order valence-corrected chi connectivity index (χ1v) is 14.4. The number of carbonyl (C=O) groups excluding carboxylic acids is 3. The predicted molar refractivity (Wildman–Crippen MR) is 157 cm³/mol. The van der Waals surface area contributed by atoms with Crippen LogP contribution in [0.4, 0.5) is 11.5 Å². The Morgan fingerprint density at radius 2 is 1.90 bits per heavy atom. The number of esters is 1. The monoisotopic (exact) mass is 564 g/mol. The second-order valence-corrected chi connectivity index (χ2v) is 10.5. The first-order valence-electron chi connectivity index (χ1n) is 14.1. The number of benzene rings is 2. The van der Waals surface area contributed by atoms with Gasteiger partial charge >= 0.3 is 5.97 Å². The number of unbranched alkanes of at least 4 members (excludes halogenated alkanes) is 1. The van der Waals surface area contributed by atoms with E-state index in [-0.39, 0.29) is 24.4 Å². The number of nitrogens with zero attached hydrogens (tertiary/aromatic N) is 3. The molecule has 1 aromatic heterocycles. The maximum atomic E-state index is 14.1. The van der Waals surface area contributed by atoms with Crippen LogP contribution in [0.5, 0.6) is 0 Å². The molecule has 1 aliphatic heterocycles.